The minimum absolute atomic E-state index is 0.602. The molecule has 0 atom stereocenters. The van der Waals surface area contributed by atoms with Gasteiger partial charge in [-0.25, -0.2) is 0 Å². The Morgan fingerprint density at radius 3 is 2.88 bits per heavy atom. The highest BCUT2D eigenvalue weighted by Crippen LogP contribution is 2.21. The first kappa shape index (κ1) is 10.2. The lowest BCUT2D eigenvalue weighted by Crippen LogP contribution is -2.07. The molecule has 1 N–H and O–H groups in total. The molecule has 0 amide bonds. The molecule has 0 aliphatic heterocycles. The van der Waals surface area contributed by atoms with Gasteiger partial charge in [-0.05, 0) is 18.2 Å². The molecule has 2 heterocycles. The Kier molecular flexibility index (Phi) is 2.46. The van der Waals surface area contributed by atoms with Gasteiger partial charge in [-0.15, -0.1) is 0 Å². The van der Waals surface area contributed by atoms with E-state index in [1.54, 1.807) is 12.4 Å². The molecular formula is C13H10ClN3. The molecule has 0 aliphatic rings. The number of nitrogens with one attached hydrogen (secondary N) is 1. The van der Waals surface area contributed by atoms with Gasteiger partial charge in [0.05, 0.1) is 16.2 Å². The summed E-state index contributed by atoms with van der Waals surface area (Å²) in [4.78, 5) is 3.96. The second kappa shape index (κ2) is 4.11. The highest BCUT2D eigenvalue weighted by Gasteiger charge is 2.02. The molecule has 0 radical (unpaired) electrons. The van der Waals surface area contributed by atoms with Gasteiger partial charge in [0.2, 0.25) is 0 Å². The molecule has 0 saturated heterocycles. The molecule has 1 aromatic carbocycles. The molecule has 0 saturated carbocycles. The summed E-state index contributed by atoms with van der Waals surface area (Å²) >= 11 is 6.05. The third kappa shape index (κ3) is 1.85. The third-order valence-corrected chi connectivity index (χ3v) is 2.91. The molecule has 2 aromatic heterocycles. The Hall–Kier alpha value is -2.00. The normalized spacial score (nSPS) is 10.6. The molecule has 4 heteroatoms. The first-order chi connectivity index (χ1) is 8.34. The van der Waals surface area contributed by atoms with Gasteiger partial charge in [0, 0.05) is 24.0 Å². The third-order valence-electron chi connectivity index (χ3n) is 2.61. The number of halogens is 1. The molecule has 0 aliphatic carbocycles. The Balaban J connectivity index is 2.03. The van der Waals surface area contributed by atoms with Crippen molar-refractivity contribution in [2.24, 2.45) is 0 Å². The summed E-state index contributed by atoms with van der Waals surface area (Å²) in [5.41, 5.74) is 5.19. The zero-order valence-corrected chi connectivity index (χ0v) is 9.72. The van der Waals surface area contributed by atoms with Crippen molar-refractivity contribution in [3.8, 4) is 0 Å². The highest BCUT2D eigenvalue weighted by molar-refractivity contribution is 6.33. The lowest BCUT2D eigenvalue weighted by Gasteiger charge is -2.10. The maximum atomic E-state index is 6.05. The molecule has 0 fully saturated rings. The van der Waals surface area contributed by atoms with Crippen molar-refractivity contribution < 1.29 is 0 Å². The number of hydrogen-bond acceptors (Lipinski definition) is 2. The minimum Gasteiger partial charge on any atom is -0.293 e. The number of rotatable bonds is 2. The van der Waals surface area contributed by atoms with Gasteiger partial charge in [-0.1, -0.05) is 29.8 Å². The number of hydrogen-bond donors (Lipinski definition) is 1. The monoisotopic (exact) mass is 243 g/mol. The van der Waals surface area contributed by atoms with E-state index in [4.69, 9.17) is 11.6 Å². The van der Waals surface area contributed by atoms with Gasteiger partial charge in [0.25, 0.3) is 0 Å². The van der Waals surface area contributed by atoms with E-state index in [0.29, 0.717) is 5.02 Å². The summed E-state index contributed by atoms with van der Waals surface area (Å²) < 4.78 is 1.94. The molecule has 0 spiro atoms. The van der Waals surface area contributed by atoms with Gasteiger partial charge in [-0.3, -0.25) is 15.1 Å². The van der Waals surface area contributed by atoms with E-state index >= 15 is 0 Å². The van der Waals surface area contributed by atoms with Crippen molar-refractivity contribution >= 4 is 28.2 Å². The number of benzene rings is 1. The first-order valence-electron chi connectivity index (χ1n) is 5.27. The van der Waals surface area contributed by atoms with E-state index < -0.39 is 0 Å². The van der Waals surface area contributed by atoms with Gasteiger partial charge in [0.15, 0.2) is 0 Å². The second-order valence-corrected chi connectivity index (χ2v) is 4.12. The summed E-state index contributed by atoms with van der Waals surface area (Å²) in [6.07, 6.45) is 5.30. The van der Waals surface area contributed by atoms with Crippen LogP contribution >= 0.6 is 11.6 Å². The van der Waals surface area contributed by atoms with Crippen molar-refractivity contribution in [2.45, 2.75) is 0 Å². The first-order valence-corrected chi connectivity index (χ1v) is 5.65. The van der Waals surface area contributed by atoms with Crippen molar-refractivity contribution in [1.82, 2.24) is 9.66 Å². The van der Waals surface area contributed by atoms with Crippen LogP contribution in [0.3, 0.4) is 0 Å². The van der Waals surface area contributed by atoms with Gasteiger partial charge in [0.1, 0.15) is 0 Å². The summed E-state index contributed by atoms with van der Waals surface area (Å²) in [5.74, 6) is 0. The number of pyridine rings is 1. The van der Waals surface area contributed by atoms with Crippen LogP contribution in [-0.4, -0.2) is 9.66 Å². The van der Waals surface area contributed by atoms with Crippen LogP contribution in [0.1, 0.15) is 0 Å². The Bertz CT molecular complexity index is 660. The number of aromatic nitrogens is 2. The Labute approximate surface area is 104 Å². The summed E-state index contributed by atoms with van der Waals surface area (Å²) in [5, 5.41) is 1.79. The quantitative estimate of drug-likeness (QED) is 0.746. The van der Waals surface area contributed by atoms with E-state index in [1.807, 2.05) is 29.1 Å². The Morgan fingerprint density at radius 1 is 1.12 bits per heavy atom. The molecule has 3 aromatic rings. The van der Waals surface area contributed by atoms with Crippen LogP contribution in [0.4, 0.5) is 5.69 Å². The van der Waals surface area contributed by atoms with Crippen LogP contribution in [0, 0.1) is 0 Å². The number of anilines is 1. The second-order valence-electron chi connectivity index (χ2n) is 3.71. The molecular weight excluding hydrogens is 234 g/mol. The average molecular weight is 244 g/mol. The fourth-order valence-corrected chi connectivity index (χ4v) is 1.94. The van der Waals surface area contributed by atoms with Gasteiger partial charge >= 0.3 is 0 Å². The van der Waals surface area contributed by atoms with E-state index in [9.17, 15) is 0 Å². The Morgan fingerprint density at radius 2 is 2.00 bits per heavy atom. The van der Waals surface area contributed by atoms with E-state index in [2.05, 4.69) is 28.6 Å². The largest absolute Gasteiger partial charge is 0.293 e. The number of para-hydroxylation sites is 1. The lowest BCUT2D eigenvalue weighted by atomic mass is 10.3. The van der Waals surface area contributed by atoms with Crippen LogP contribution in [0.25, 0.3) is 10.9 Å². The summed E-state index contributed by atoms with van der Waals surface area (Å²) in [6.45, 7) is 0. The van der Waals surface area contributed by atoms with Gasteiger partial charge in [-0.2, -0.15) is 0 Å². The van der Waals surface area contributed by atoms with Crippen molar-refractivity contribution in [3.05, 3.63) is 60.0 Å². The molecule has 17 heavy (non-hydrogen) atoms. The fourth-order valence-electron chi connectivity index (χ4n) is 1.78. The predicted octanol–water partition coefficient (Wildman–Crippen LogP) is 3.56. The number of fused-ring (bicyclic) bond motifs is 1. The van der Waals surface area contributed by atoms with Crippen LogP contribution in [0.2, 0.25) is 5.02 Å². The molecule has 0 unspecified atom stereocenters. The average Bonchev–Trinajstić information content (AvgIpc) is 2.76. The van der Waals surface area contributed by atoms with Crippen molar-refractivity contribution in [2.75, 3.05) is 5.43 Å². The highest BCUT2D eigenvalue weighted by atomic mass is 35.5. The molecule has 84 valence electrons. The van der Waals surface area contributed by atoms with Crippen LogP contribution in [0.15, 0.2) is 55.0 Å². The maximum Gasteiger partial charge on any atom is 0.0838 e. The van der Waals surface area contributed by atoms with E-state index in [0.717, 1.165) is 11.2 Å². The summed E-state index contributed by atoms with van der Waals surface area (Å²) in [6, 6.07) is 12.0. The van der Waals surface area contributed by atoms with Crippen LogP contribution in [0.5, 0.6) is 0 Å². The van der Waals surface area contributed by atoms with E-state index in [-0.39, 0.29) is 0 Å². The predicted molar refractivity (Wildman–Crippen MR) is 70.2 cm³/mol. The SMILES string of the molecule is Clc1cnccc1Nn1ccc2ccccc21. The van der Waals surface area contributed by atoms with E-state index in [1.165, 1.54) is 5.39 Å². The summed E-state index contributed by atoms with van der Waals surface area (Å²) in [7, 11) is 0. The van der Waals surface area contributed by atoms with Gasteiger partial charge < -0.3 is 0 Å². The van der Waals surface area contributed by atoms with Crippen LogP contribution < -0.4 is 5.43 Å². The molecule has 3 nitrogen and oxygen atoms in total. The van der Waals surface area contributed by atoms with Crippen molar-refractivity contribution in [1.29, 1.82) is 0 Å². The molecule has 0 bridgehead atoms. The zero-order valence-electron chi connectivity index (χ0n) is 8.97. The van der Waals surface area contributed by atoms with Crippen LogP contribution in [-0.2, 0) is 0 Å². The topological polar surface area (TPSA) is 29.9 Å². The number of nitrogens with zero attached hydrogens (tertiary/aromatic N) is 2. The van der Waals surface area contributed by atoms with Crippen molar-refractivity contribution in [3.63, 3.8) is 0 Å². The maximum absolute atomic E-state index is 6.05. The zero-order chi connectivity index (χ0) is 11.7. The smallest absolute Gasteiger partial charge is 0.0838 e. The minimum atomic E-state index is 0.602. The fraction of sp³-hybridized carbons (Fsp3) is 0. The molecule has 3 rings (SSSR count). The standard InChI is InChI=1S/C13H10ClN3/c14-11-9-15-7-5-12(11)16-17-8-6-10-3-1-2-4-13(10)17/h1-9H,(H,15,16). The lowest BCUT2D eigenvalue weighted by molar-refractivity contribution is 1.01.